The number of carboxylic acids is 1. The van der Waals surface area contributed by atoms with Crippen LogP contribution in [0.4, 0.5) is 0 Å². The van der Waals surface area contributed by atoms with Gasteiger partial charge in [-0.05, 0) is 50.4 Å². The van der Waals surface area contributed by atoms with Crippen LogP contribution < -0.4 is 0 Å². The Morgan fingerprint density at radius 2 is 2.00 bits per heavy atom. The second-order valence-electron chi connectivity index (χ2n) is 8.14. The minimum Gasteiger partial charge on any atom is -0.481 e. The Balaban J connectivity index is 1.57. The van der Waals surface area contributed by atoms with Crippen LogP contribution in [0, 0.1) is 29.6 Å². The van der Waals surface area contributed by atoms with Gasteiger partial charge in [0.1, 0.15) is 0 Å². The van der Waals surface area contributed by atoms with Crippen molar-refractivity contribution in [2.45, 2.75) is 82.3 Å². The highest BCUT2D eigenvalue weighted by Gasteiger charge is 2.46. The number of carboxylic acid groups (broad SMARTS) is 1. The van der Waals surface area contributed by atoms with Crippen molar-refractivity contribution in [1.82, 2.24) is 0 Å². The predicted octanol–water partition coefficient (Wildman–Crippen LogP) is 3.27. The summed E-state index contributed by atoms with van der Waals surface area (Å²) in [4.78, 5) is 10.6. The number of aliphatic carboxylic acids is 1. The molecule has 3 rings (SSSR count). The number of fused-ring (bicyclic) bond motifs is 1. The van der Waals surface area contributed by atoms with E-state index in [2.05, 4.69) is 17.9 Å². The molecule has 3 aliphatic rings. The van der Waals surface area contributed by atoms with Crippen LogP contribution in [0.1, 0.15) is 70.6 Å². The van der Waals surface area contributed by atoms with Gasteiger partial charge in [-0.15, -0.1) is 0 Å². The molecule has 0 aromatic rings. The quantitative estimate of drug-likeness (QED) is 0.539. The molecule has 3 saturated carbocycles. The summed E-state index contributed by atoms with van der Waals surface area (Å²) in [5.74, 6) is 6.60. The maximum absolute atomic E-state index is 10.6. The number of aliphatic hydroxyl groups is 2. The molecule has 4 nitrogen and oxygen atoms in total. The summed E-state index contributed by atoms with van der Waals surface area (Å²) < 4.78 is 0. The predicted molar refractivity (Wildman–Crippen MR) is 95.7 cm³/mol. The molecule has 4 atom stereocenters. The molecule has 0 bridgehead atoms. The lowest BCUT2D eigenvalue weighted by atomic mass is 9.57. The highest BCUT2D eigenvalue weighted by atomic mass is 16.4. The highest BCUT2D eigenvalue weighted by molar-refractivity contribution is 5.66. The Morgan fingerprint density at radius 3 is 2.72 bits per heavy atom. The van der Waals surface area contributed by atoms with E-state index in [0.29, 0.717) is 24.7 Å². The molecule has 3 fully saturated rings. The molecule has 0 amide bonds. The number of hydrogen-bond acceptors (Lipinski definition) is 3. The van der Waals surface area contributed by atoms with Crippen LogP contribution in [0.25, 0.3) is 0 Å². The highest BCUT2D eigenvalue weighted by Crippen LogP contribution is 2.51. The normalized spacial score (nSPS) is 35.2. The lowest BCUT2D eigenvalue weighted by Gasteiger charge is -2.48. The molecule has 4 heteroatoms. The first kappa shape index (κ1) is 18.5. The molecular formula is C21H30O4. The van der Waals surface area contributed by atoms with Crippen molar-refractivity contribution in [3.8, 4) is 11.8 Å². The van der Waals surface area contributed by atoms with Crippen LogP contribution in [0.2, 0.25) is 0 Å². The molecule has 0 aromatic heterocycles. The number of aliphatic hydroxyl groups excluding tert-OH is 1. The number of allylic oxidation sites excluding steroid dienone is 2. The van der Waals surface area contributed by atoms with Crippen molar-refractivity contribution >= 4 is 5.97 Å². The Hall–Kier alpha value is -1.31. The monoisotopic (exact) mass is 346 g/mol. The molecule has 138 valence electrons. The van der Waals surface area contributed by atoms with E-state index in [1.165, 1.54) is 12.0 Å². The van der Waals surface area contributed by atoms with E-state index in [1.54, 1.807) is 0 Å². The van der Waals surface area contributed by atoms with Crippen LogP contribution in [-0.4, -0.2) is 33.0 Å². The fourth-order valence-corrected chi connectivity index (χ4v) is 4.81. The molecule has 0 radical (unpaired) electrons. The van der Waals surface area contributed by atoms with E-state index in [1.807, 2.05) is 0 Å². The van der Waals surface area contributed by atoms with Crippen LogP contribution >= 0.6 is 0 Å². The summed E-state index contributed by atoms with van der Waals surface area (Å²) in [5.41, 5.74) is 0.738. The van der Waals surface area contributed by atoms with Gasteiger partial charge >= 0.3 is 5.97 Å². The molecule has 0 spiro atoms. The van der Waals surface area contributed by atoms with Gasteiger partial charge in [-0.1, -0.05) is 42.8 Å². The minimum atomic E-state index is -0.754. The van der Waals surface area contributed by atoms with Crippen molar-refractivity contribution in [2.75, 3.05) is 0 Å². The molecule has 0 saturated heterocycles. The smallest absolute Gasteiger partial charge is 0.303 e. The standard InChI is InChI=1S/C21H30O4/c22-19-10-9-16-15(6-4-8-20(23)24)14-18(16)17(19)7-5-13-21(25)11-2-1-3-12-21/h6,16-19,22,25H,1-4,8-14H2,(H,23,24)/b15-6+. The fourth-order valence-electron chi connectivity index (χ4n) is 4.81. The summed E-state index contributed by atoms with van der Waals surface area (Å²) in [6, 6.07) is 0. The topological polar surface area (TPSA) is 77.8 Å². The first-order chi connectivity index (χ1) is 12.0. The molecule has 0 aromatic carbocycles. The van der Waals surface area contributed by atoms with Gasteiger partial charge in [0.2, 0.25) is 0 Å². The van der Waals surface area contributed by atoms with Crippen molar-refractivity contribution < 1.29 is 20.1 Å². The minimum absolute atomic E-state index is 0.00237. The maximum Gasteiger partial charge on any atom is 0.303 e. The second-order valence-corrected chi connectivity index (χ2v) is 8.14. The van der Waals surface area contributed by atoms with Crippen molar-refractivity contribution in [3.63, 3.8) is 0 Å². The lowest BCUT2D eigenvalue weighted by Crippen LogP contribution is -2.44. The Bertz CT molecular complexity index is 576. The van der Waals surface area contributed by atoms with Gasteiger partial charge in [-0.2, -0.15) is 0 Å². The Kier molecular flexibility index (Phi) is 5.86. The van der Waals surface area contributed by atoms with Gasteiger partial charge < -0.3 is 15.3 Å². The van der Waals surface area contributed by atoms with Crippen molar-refractivity contribution in [3.05, 3.63) is 11.6 Å². The van der Waals surface area contributed by atoms with Crippen LogP contribution in [0.3, 0.4) is 0 Å². The maximum atomic E-state index is 10.6. The van der Waals surface area contributed by atoms with E-state index < -0.39 is 11.6 Å². The van der Waals surface area contributed by atoms with Crippen LogP contribution in [0.15, 0.2) is 11.6 Å². The average Bonchev–Trinajstić information content (AvgIpc) is 2.54. The number of hydrogen-bond donors (Lipinski definition) is 3. The molecular weight excluding hydrogens is 316 g/mol. The number of rotatable bonds is 4. The zero-order valence-electron chi connectivity index (χ0n) is 14.9. The van der Waals surface area contributed by atoms with Crippen LogP contribution in [-0.2, 0) is 4.79 Å². The third kappa shape index (κ3) is 4.46. The summed E-state index contributed by atoms with van der Waals surface area (Å²) >= 11 is 0. The summed E-state index contributed by atoms with van der Waals surface area (Å²) in [6.07, 6.45) is 10.8. The van der Waals surface area contributed by atoms with E-state index in [0.717, 1.165) is 44.9 Å². The Labute approximate surface area is 150 Å². The zero-order valence-corrected chi connectivity index (χ0v) is 14.9. The first-order valence-electron chi connectivity index (χ1n) is 9.78. The molecule has 0 aliphatic heterocycles. The van der Waals surface area contributed by atoms with E-state index in [4.69, 9.17) is 5.11 Å². The van der Waals surface area contributed by atoms with E-state index >= 15 is 0 Å². The van der Waals surface area contributed by atoms with Gasteiger partial charge in [-0.25, -0.2) is 0 Å². The molecule has 4 unspecified atom stereocenters. The van der Waals surface area contributed by atoms with Crippen molar-refractivity contribution in [1.29, 1.82) is 0 Å². The first-order valence-corrected chi connectivity index (χ1v) is 9.78. The SMILES string of the molecule is O=C(O)CC/C=C1\CC2C1CCC(O)C2C#CCC1(O)CCCCC1. The van der Waals surface area contributed by atoms with E-state index in [9.17, 15) is 15.0 Å². The molecule has 3 N–H and O–H groups in total. The largest absolute Gasteiger partial charge is 0.481 e. The van der Waals surface area contributed by atoms with Gasteiger partial charge in [0.15, 0.2) is 0 Å². The second kappa shape index (κ2) is 7.93. The summed E-state index contributed by atoms with van der Waals surface area (Å²) in [6.45, 7) is 0. The van der Waals surface area contributed by atoms with Gasteiger partial charge in [-0.3, -0.25) is 4.79 Å². The zero-order chi connectivity index (χ0) is 17.9. The van der Waals surface area contributed by atoms with Crippen LogP contribution in [0.5, 0.6) is 0 Å². The molecule has 0 heterocycles. The number of carbonyl (C=O) groups is 1. The average molecular weight is 346 g/mol. The summed E-state index contributed by atoms with van der Waals surface area (Å²) in [5, 5.41) is 29.7. The van der Waals surface area contributed by atoms with Gasteiger partial charge in [0.05, 0.1) is 11.7 Å². The third-order valence-electron chi connectivity index (χ3n) is 6.35. The van der Waals surface area contributed by atoms with Gasteiger partial charge in [0.25, 0.3) is 0 Å². The summed E-state index contributed by atoms with van der Waals surface area (Å²) in [7, 11) is 0. The third-order valence-corrected chi connectivity index (χ3v) is 6.35. The Morgan fingerprint density at radius 1 is 1.24 bits per heavy atom. The lowest BCUT2D eigenvalue weighted by molar-refractivity contribution is -0.136. The molecule has 3 aliphatic carbocycles. The van der Waals surface area contributed by atoms with E-state index in [-0.39, 0.29) is 18.4 Å². The molecule has 25 heavy (non-hydrogen) atoms. The van der Waals surface area contributed by atoms with Crippen molar-refractivity contribution in [2.24, 2.45) is 17.8 Å². The van der Waals surface area contributed by atoms with Gasteiger partial charge in [0, 0.05) is 18.8 Å². The fraction of sp³-hybridized carbons (Fsp3) is 0.762.